The van der Waals surface area contributed by atoms with E-state index in [0.29, 0.717) is 5.56 Å². The number of carbonyl (C=O) groups excluding carboxylic acids is 1. The van der Waals surface area contributed by atoms with E-state index < -0.39 is 21.7 Å². The van der Waals surface area contributed by atoms with Gasteiger partial charge in [-0.15, -0.1) is 0 Å². The van der Waals surface area contributed by atoms with Gasteiger partial charge in [-0.3, -0.25) is 10.2 Å². The Labute approximate surface area is 130 Å². The van der Waals surface area contributed by atoms with Crippen LogP contribution in [-0.4, -0.2) is 20.1 Å². The number of benzene rings is 2. The molecule has 116 valence electrons. The van der Waals surface area contributed by atoms with Crippen LogP contribution in [0.2, 0.25) is 0 Å². The summed E-state index contributed by atoms with van der Waals surface area (Å²) in [6.07, 6.45) is 0. The fourth-order valence-corrected chi connectivity index (χ4v) is 3.86. The van der Waals surface area contributed by atoms with Crippen LogP contribution < -0.4 is 11.3 Å². The molecule has 22 heavy (non-hydrogen) atoms. The lowest BCUT2D eigenvalue weighted by atomic mass is 9.96. The number of hydrogen-bond donors (Lipinski definition) is 2. The maximum absolute atomic E-state index is 12.5. The summed E-state index contributed by atoms with van der Waals surface area (Å²) in [5.41, 5.74) is 3.57. The lowest BCUT2D eigenvalue weighted by Crippen LogP contribution is -2.37. The van der Waals surface area contributed by atoms with E-state index in [-0.39, 0.29) is 10.6 Å². The Balaban J connectivity index is 2.41. The first-order valence-electron chi connectivity index (χ1n) is 6.79. The van der Waals surface area contributed by atoms with E-state index >= 15 is 0 Å². The molecule has 0 saturated carbocycles. The van der Waals surface area contributed by atoms with E-state index in [0.717, 1.165) is 5.56 Å². The summed E-state index contributed by atoms with van der Waals surface area (Å²) >= 11 is 0. The summed E-state index contributed by atoms with van der Waals surface area (Å²) in [4.78, 5) is 12.3. The van der Waals surface area contributed by atoms with Crippen molar-refractivity contribution in [1.29, 1.82) is 0 Å². The summed E-state index contributed by atoms with van der Waals surface area (Å²) in [6.45, 7) is 1.83. The number of sulfone groups is 1. The summed E-state index contributed by atoms with van der Waals surface area (Å²) in [6, 6.07) is 15.3. The van der Waals surface area contributed by atoms with Crippen molar-refractivity contribution in [2.45, 2.75) is 17.7 Å². The van der Waals surface area contributed by atoms with Crippen molar-refractivity contribution in [2.24, 2.45) is 5.84 Å². The fourth-order valence-electron chi connectivity index (χ4n) is 2.33. The summed E-state index contributed by atoms with van der Waals surface area (Å²) < 4.78 is 25.1. The fraction of sp³-hybridized carbons (Fsp3) is 0.188. The van der Waals surface area contributed by atoms with Crippen LogP contribution in [0.15, 0.2) is 59.5 Å². The molecule has 0 aliphatic carbocycles. The van der Waals surface area contributed by atoms with Gasteiger partial charge in [0.2, 0.25) is 5.91 Å². The SMILES string of the molecule is Cc1ccccc1C(CS(=O)(=O)c1ccccc1)C(=O)NN. The van der Waals surface area contributed by atoms with Gasteiger partial charge in [-0.1, -0.05) is 42.5 Å². The molecule has 2 rings (SSSR count). The van der Waals surface area contributed by atoms with E-state index in [4.69, 9.17) is 5.84 Å². The zero-order chi connectivity index (χ0) is 16.2. The first kappa shape index (κ1) is 16.2. The number of nitrogens with two attached hydrogens (primary N) is 1. The Bertz CT molecular complexity index is 758. The third kappa shape index (κ3) is 3.52. The van der Waals surface area contributed by atoms with E-state index in [2.05, 4.69) is 5.43 Å². The number of amides is 1. The minimum atomic E-state index is -3.60. The number of nitrogens with one attached hydrogen (secondary N) is 1. The lowest BCUT2D eigenvalue weighted by Gasteiger charge is -2.18. The highest BCUT2D eigenvalue weighted by molar-refractivity contribution is 7.91. The highest BCUT2D eigenvalue weighted by Gasteiger charge is 2.28. The quantitative estimate of drug-likeness (QED) is 0.497. The zero-order valence-electron chi connectivity index (χ0n) is 12.2. The van der Waals surface area contributed by atoms with Crippen LogP contribution in [0.3, 0.4) is 0 Å². The van der Waals surface area contributed by atoms with E-state index in [1.165, 1.54) is 12.1 Å². The lowest BCUT2D eigenvalue weighted by molar-refractivity contribution is -0.122. The standard InChI is InChI=1S/C16H18N2O3S/c1-12-7-5-6-10-14(12)15(16(19)18-17)11-22(20,21)13-8-3-2-4-9-13/h2-10,15H,11,17H2,1H3,(H,18,19). The van der Waals surface area contributed by atoms with Crippen molar-refractivity contribution in [3.05, 3.63) is 65.7 Å². The second kappa shape index (κ2) is 6.72. The minimum Gasteiger partial charge on any atom is -0.294 e. The first-order valence-corrected chi connectivity index (χ1v) is 8.44. The van der Waals surface area contributed by atoms with Crippen LogP contribution in [-0.2, 0) is 14.6 Å². The van der Waals surface area contributed by atoms with Gasteiger partial charge in [-0.2, -0.15) is 0 Å². The Kier molecular flexibility index (Phi) is 4.95. The molecule has 2 aromatic carbocycles. The molecule has 0 aliphatic heterocycles. The van der Waals surface area contributed by atoms with Gasteiger partial charge in [0, 0.05) is 0 Å². The molecule has 0 spiro atoms. The van der Waals surface area contributed by atoms with E-state index in [1.807, 2.05) is 19.1 Å². The van der Waals surface area contributed by atoms with Crippen molar-refractivity contribution >= 4 is 15.7 Å². The minimum absolute atomic E-state index is 0.193. The van der Waals surface area contributed by atoms with Crippen molar-refractivity contribution in [3.63, 3.8) is 0 Å². The number of carbonyl (C=O) groups is 1. The maximum Gasteiger partial charge on any atom is 0.242 e. The van der Waals surface area contributed by atoms with Gasteiger partial charge in [0.25, 0.3) is 0 Å². The summed E-state index contributed by atoms with van der Waals surface area (Å²) in [5, 5.41) is 0. The normalized spacial score (nSPS) is 12.6. The molecular formula is C16H18N2O3S. The van der Waals surface area contributed by atoms with Crippen molar-refractivity contribution in [1.82, 2.24) is 5.43 Å². The average molecular weight is 318 g/mol. The Hall–Kier alpha value is -2.18. The first-order chi connectivity index (χ1) is 10.5. The Morgan fingerprint density at radius 1 is 1.09 bits per heavy atom. The van der Waals surface area contributed by atoms with Crippen LogP contribution in [0.5, 0.6) is 0 Å². The van der Waals surface area contributed by atoms with Gasteiger partial charge < -0.3 is 0 Å². The van der Waals surface area contributed by atoms with Gasteiger partial charge >= 0.3 is 0 Å². The van der Waals surface area contributed by atoms with Crippen LogP contribution in [0.4, 0.5) is 0 Å². The molecule has 0 saturated heterocycles. The van der Waals surface area contributed by atoms with Gasteiger partial charge in [0.05, 0.1) is 16.6 Å². The molecule has 0 fully saturated rings. The summed E-state index contributed by atoms with van der Waals surface area (Å²) in [7, 11) is -3.60. The highest BCUT2D eigenvalue weighted by Crippen LogP contribution is 2.24. The molecule has 1 amide bonds. The molecule has 0 aliphatic rings. The molecule has 2 aromatic rings. The molecule has 5 nitrogen and oxygen atoms in total. The predicted octanol–water partition coefficient (Wildman–Crippen LogP) is 1.54. The van der Waals surface area contributed by atoms with Crippen molar-refractivity contribution in [2.75, 3.05) is 5.75 Å². The van der Waals surface area contributed by atoms with Crippen molar-refractivity contribution < 1.29 is 13.2 Å². The average Bonchev–Trinajstić information content (AvgIpc) is 2.53. The molecule has 0 radical (unpaired) electrons. The predicted molar refractivity (Wildman–Crippen MR) is 84.7 cm³/mol. The van der Waals surface area contributed by atoms with Gasteiger partial charge in [0.1, 0.15) is 0 Å². The second-order valence-corrected chi connectivity index (χ2v) is 7.05. The van der Waals surface area contributed by atoms with Crippen molar-refractivity contribution in [3.8, 4) is 0 Å². The highest BCUT2D eigenvalue weighted by atomic mass is 32.2. The number of rotatable bonds is 5. The van der Waals surface area contributed by atoms with Crippen LogP contribution >= 0.6 is 0 Å². The summed E-state index contributed by atoms with van der Waals surface area (Å²) in [5.74, 6) is 3.52. The Morgan fingerprint density at radius 2 is 1.68 bits per heavy atom. The largest absolute Gasteiger partial charge is 0.294 e. The monoisotopic (exact) mass is 318 g/mol. The Morgan fingerprint density at radius 3 is 2.27 bits per heavy atom. The molecular weight excluding hydrogens is 300 g/mol. The molecule has 1 atom stereocenters. The molecule has 0 aromatic heterocycles. The van der Waals surface area contributed by atoms with Gasteiger partial charge in [-0.25, -0.2) is 14.3 Å². The molecule has 0 bridgehead atoms. The van der Waals surface area contributed by atoms with Gasteiger partial charge in [0.15, 0.2) is 9.84 Å². The second-order valence-electron chi connectivity index (χ2n) is 5.01. The van der Waals surface area contributed by atoms with Crippen LogP contribution in [0.25, 0.3) is 0 Å². The van der Waals surface area contributed by atoms with E-state index in [1.54, 1.807) is 30.3 Å². The zero-order valence-corrected chi connectivity index (χ0v) is 13.0. The molecule has 3 N–H and O–H groups in total. The topological polar surface area (TPSA) is 89.3 Å². The maximum atomic E-state index is 12.5. The number of hydrogen-bond acceptors (Lipinski definition) is 4. The molecule has 1 unspecified atom stereocenters. The third-order valence-corrected chi connectivity index (χ3v) is 5.27. The van der Waals surface area contributed by atoms with Gasteiger partial charge in [-0.05, 0) is 30.2 Å². The number of aryl methyl sites for hydroxylation is 1. The smallest absolute Gasteiger partial charge is 0.242 e. The molecule has 0 heterocycles. The number of hydrazine groups is 1. The van der Waals surface area contributed by atoms with Crippen LogP contribution in [0, 0.1) is 6.92 Å². The van der Waals surface area contributed by atoms with E-state index in [9.17, 15) is 13.2 Å². The molecule has 6 heteroatoms. The van der Waals surface area contributed by atoms with Crippen LogP contribution in [0.1, 0.15) is 17.0 Å². The third-order valence-electron chi connectivity index (χ3n) is 3.51.